The Morgan fingerprint density at radius 1 is 0.917 bits per heavy atom. The van der Waals surface area contributed by atoms with E-state index in [0.717, 1.165) is 38.7 Å². The van der Waals surface area contributed by atoms with Crippen molar-refractivity contribution >= 4 is 11.8 Å². The first-order chi connectivity index (χ1) is 11.5. The first-order valence-electron chi connectivity index (χ1n) is 9.35. The van der Waals surface area contributed by atoms with Gasteiger partial charge in [-0.2, -0.15) is 24.9 Å². The van der Waals surface area contributed by atoms with Gasteiger partial charge in [0.2, 0.25) is 0 Å². The molecule has 0 bridgehead atoms. The fourth-order valence-corrected chi connectivity index (χ4v) is 5.35. The maximum Gasteiger partial charge on any atom is 0.391 e. The molecule has 0 amide bonds. The van der Waals surface area contributed by atoms with Crippen LogP contribution in [-0.4, -0.2) is 30.4 Å². The molecule has 1 nitrogen and oxygen atoms in total. The highest BCUT2D eigenvalue weighted by molar-refractivity contribution is 7.99. The zero-order valence-electron chi connectivity index (χ0n) is 14.4. The Kier molecular flexibility index (Phi) is 6.23. The summed E-state index contributed by atoms with van der Waals surface area (Å²) in [6.07, 6.45) is 9.76. The van der Waals surface area contributed by atoms with Crippen molar-refractivity contribution in [2.24, 2.45) is 23.7 Å². The SMILES string of the molecule is CSC1CCC(/C=C/C2CCC3CC(C(F)(F)F)CCC3C2)OC1. The summed E-state index contributed by atoms with van der Waals surface area (Å²) in [5.41, 5.74) is 0. The van der Waals surface area contributed by atoms with Crippen LogP contribution in [0, 0.1) is 23.7 Å². The minimum Gasteiger partial charge on any atom is -0.373 e. The molecule has 1 heterocycles. The minimum absolute atomic E-state index is 0.243. The lowest BCUT2D eigenvalue weighted by Crippen LogP contribution is -2.36. The standard InChI is InChI=1S/C19H29F3OS/c1-24-18-9-8-17(23-12-18)7-3-13-2-4-15-11-16(19(20,21)22)6-5-14(15)10-13/h3,7,13-18H,2,4-6,8-12H2,1H3/b7-3+. The Morgan fingerprint density at radius 2 is 1.67 bits per heavy atom. The molecule has 6 unspecified atom stereocenters. The zero-order valence-corrected chi connectivity index (χ0v) is 15.2. The summed E-state index contributed by atoms with van der Waals surface area (Å²) in [5.74, 6) is 0.282. The average molecular weight is 363 g/mol. The van der Waals surface area contributed by atoms with Crippen molar-refractivity contribution in [3.05, 3.63) is 12.2 Å². The second kappa shape index (κ2) is 8.03. The lowest BCUT2D eigenvalue weighted by atomic mass is 9.64. The summed E-state index contributed by atoms with van der Waals surface area (Å²) >= 11 is 1.88. The van der Waals surface area contributed by atoms with E-state index in [1.807, 2.05) is 11.8 Å². The number of alkyl halides is 3. The van der Waals surface area contributed by atoms with E-state index >= 15 is 0 Å². The van der Waals surface area contributed by atoms with Gasteiger partial charge in [0.05, 0.1) is 18.6 Å². The molecule has 3 aliphatic rings. The van der Waals surface area contributed by atoms with Crippen molar-refractivity contribution in [2.45, 2.75) is 68.9 Å². The van der Waals surface area contributed by atoms with E-state index in [0.29, 0.717) is 35.8 Å². The lowest BCUT2D eigenvalue weighted by molar-refractivity contribution is -0.190. The van der Waals surface area contributed by atoms with E-state index in [1.165, 1.54) is 6.42 Å². The van der Waals surface area contributed by atoms with Crippen LogP contribution in [0.5, 0.6) is 0 Å². The smallest absolute Gasteiger partial charge is 0.373 e. The van der Waals surface area contributed by atoms with Crippen LogP contribution < -0.4 is 0 Å². The van der Waals surface area contributed by atoms with Crippen LogP contribution in [0.2, 0.25) is 0 Å². The van der Waals surface area contributed by atoms with E-state index < -0.39 is 12.1 Å². The summed E-state index contributed by atoms with van der Waals surface area (Å²) in [5, 5.41) is 0.633. The zero-order chi connectivity index (χ0) is 17.2. The van der Waals surface area contributed by atoms with E-state index in [9.17, 15) is 13.2 Å². The van der Waals surface area contributed by atoms with Crippen LogP contribution in [0.15, 0.2) is 12.2 Å². The van der Waals surface area contributed by atoms with Gasteiger partial charge in [0.25, 0.3) is 0 Å². The van der Waals surface area contributed by atoms with Gasteiger partial charge >= 0.3 is 6.18 Å². The van der Waals surface area contributed by atoms with Gasteiger partial charge in [-0.25, -0.2) is 0 Å². The normalized spacial score (nSPS) is 41.3. The second-order valence-electron chi connectivity index (χ2n) is 7.84. The molecule has 6 atom stereocenters. The Balaban J connectivity index is 1.46. The summed E-state index contributed by atoms with van der Waals surface area (Å²) in [6.45, 7) is 0.838. The fourth-order valence-electron chi connectivity index (χ4n) is 4.76. The van der Waals surface area contributed by atoms with Crippen LogP contribution in [0.3, 0.4) is 0 Å². The molecular formula is C19H29F3OS. The van der Waals surface area contributed by atoms with Gasteiger partial charge < -0.3 is 4.74 Å². The van der Waals surface area contributed by atoms with Crippen LogP contribution in [0.1, 0.15) is 51.4 Å². The van der Waals surface area contributed by atoms with Crippen LogP contribution in [0.25, 0.3) is 0 Å². The minimum atomic E-state index is -3.99. The molecule has 0 radical (unpaired) electrons. The third-order valence-corrected chi connectivity index (χ3v) is 7.36. The fraction of sp³-hybridized carbons (Fsp3) is 0.895. The van der Waals surface area contributed by atoms with Gasteiger partial charge in [-0.05, 0) is 75.4 Å². The molecule has 0 spiro atoms. The third kappa shape index (κ3) is 4.72. The number of hydrogen-bond acceptors (Lipinski definition) is 2. The molecule has 1 aliphatic heterocycles. The van der Waals surface area contributed by atoms with Crippen LogP contribution in [0.4, 0.5) is 13.2 Å². The van der Waals surface area contributed by atoms with Crippen molar-refractivity contribution in [1.82, 2.24) is 0 Å². The largest absolute Gasteiger partial charge is 0.391 e. The topological polar surface area (TPSA) is 9.23 Å². The summed E-state index contributed by atoms with van der Waals surface area (Å²) in [4.78, 5) is 0. The number of hydrogen-bond donors (Lipinski definition) is 0. The summed E-state index contributed by atoms with van der Waals surface area (Å²) in [6, 6.07) is 0. The number of halogens is 3. The predicted molar refractivity (Wildman–Crippen MR) is 93.1 cm³/mol. The predicted octanol–water partition coefficient (Wildman–Crippen LogP) is 5.85. The maximum absolute atomic E-state index is 12.9. The number of rotatable bonds is 3. The molecule has 0 aromatic heterocycles. The van der Waals surface area contributed by atoms with Crippen molar-refractivity contribution in [2.75, 3.05) is 12.9 Å². The highest BCUT2D eigenvalue weighted by Crippen LogP contribution is 2.49. The van der Waals surface area contributed by atoms with Crippen LogP contribution >= 0.6 is 11.8 Å². The second-order valence-corrected chi connectivity index (χ2v) is 8.97. The molecule has 0 N–H and O–H groups in total. The molecule has 5 heteroatoms. The molecule has 2 saturated carbocycles. The van der Waals surface area contributed by atoms with Gasteiger partial charge in [0.1, 0.15) is 0 Å². The summed E-state index contributed by atoms with van der Waals surface area (Å²) < 4.78 is 44.7. The van der Waals surface area contributed by atoms with Gasteiger partial charge in [-0.15, -0.1) is 0 Å². The molecule has 3 fully saturated rings. The lowest BCUT2D eigenvalue weighted by Gasteiger charge is -2.42. The molecule has 24 heavy (non-hydrogen) atoms. The van der Waals surface area contributed by atoms with E-state index in [4.69, 9.17) is 4.74 Å². The molecule has 2 aliphatic carbocycles. The van der Waals surface area contributed by atoms with Gasteiger partial charge in [-0.3, -0.25) is 0 Å². The van der Waals surface area contributed by atoms with E-state index in [1.54, 1.807) is 0 Å². The van der Waals surface area contributed by atoms with Crippen LogP contribution in [-0.2, 0) is 4.74 Å². The number of thioether (sulfide) groups is 1. The Hall–Kier alpha value is -0.160. The Labute approximate surface area is 147 Å². The van der Waals surface area contributed by atoms with Crippen molar-refractivity contribution in [3.63, 3.8) is 0 Å². The third-order valence-electron chi connectivity index (χ3n) is 6.32. The molecule has 0 aromatic rings. The molecule has 3 rings (SSSR count). The monoisotopic (exact) mass is 362 g/mol. The van der Waals surface area contributed by atoms with E-state index in [2.05, 4.69) is 18.4 Å². The van der Waals surface area contributed by atoms with Gasteiger partial charge in [0.15, 0.2) is 0 Å². The van der Waals surface area contributed by atoms with Gasteiger partial charge in [-0.1, -0.05) is 12.2 Å². The van der Waals surface area contributed by atoms with Crippen molar-refractivity contribution in [3.8, 4) is 0 Å². The molecule has 1 saturated heterocycles. The average Bonchev–Trinajstić information content (AvgIpc) is 2.59. The number of ether oxygens (including phenoxy) is 1. The van der Waals surface area contributed by atoms with Crippen molar-refractivity contribution < 1.29 is 17.9 Å². The Bertz CT molecular complexity index is 429. The van der Waals surface area contributed by atoms with E-state index in [-0.39, 0.29) is 6.10 Å². The summed E-state index contributed by atoms with van der Waals surface area (Å²) in [7, 11) is 0. The number of fused-ring (bicyclic) bond motifs is 1. The van der Waals surface area contributed by atoms with Gasteiger partial charge in [0, 0.05) is 5.25 Å². The number of allylic oxidation sites excluding steroid dienone is 1. The molecular weight excluding hydrogens is 333 g/mol. The maximum atomic E-state index is 12.9. The van der Waals surface area contributed by atoms with Crippen molar-refractivity contribution in [1.29, 1.82) is 0 Å². The highest BCUT2D eigenvalue weighted by atomic mass is 32.2. The molecule has 0 aromatic carbocycles. The first-order valence-corrected chi connectivity index (χ1v) is 10.6. The Morgan fingerprint density at radius 3 is 2.33 bits per heavy atom. The molecule has 138 valence electrons. The quantitative estimate of drug-likeness (QED) is 0.583. The first kappa shape index (κ1) is 18.6. The highest BCUT2D eigenvalue weighted by Gasteiger charge is 2.45.